The van der Waals surface area contributed by atoms with Crippen LogP contribution < -0.4 is 5.32 Å². The molecule has 1 aromatic heterocycles. The number of aromatic nitrogens is 1. The van der Waals surface area contributed by atoms with Gasteiger partial charge in [-0.15, -0.1) is 0 Å². The van der Waals surface area contributed by atoms with Crippen LogP contribution in [0.15, 0.2) is 40.9 Å². The van der Waals surface area contributed by atoms with Gasteiger partial charge in [-0.2, -0.15) is 0 Å². The summed E-state index contributed by atoms with van der Waals surface area (Å²) in [5.74, 6) is -0.691. The monoisotopic (exact) mass is 498 g/mol. The van der Waals surface area contributed by atoms with E-state index >= 15 is 0 Å². The van der Waals surface area contributed by atoms with Gasteiger partial charge in [0.25, 0.3) is 5.91 Å². The Balaban J connectivity index is 1.71. The van der Waals surface area contributed by atoms with Crippen LogP contribution in [0.25, 0.3) is 22.5 Å². The zero-order valence-electron chi connectivity index (χ0n) is 19.5. The molecule has 2 amide bonds. The molecule has 2 aromatic carbocycles. The molecule has 0 saturated carbocycles. The van der Waals surface area contributed by atoms with Crippen molar-refractivity contribution in [2.45, 2.75) is 20.4 Å². The van der Waals surface area contributed by atoms with Crippen molar-refractivity contribution in [3.8, 4) is 33.9 Å². The molecular weight excluding hydrogens is 472 g/mol. The average Bonchev–Trinajstić information content (AvgIpc) is 3.27. The van der Waals surface area contributed by atoms with Crippen molar-refractivity contribution in [3.05, 3.63) is 52.7 Å². The molecule has 1 aliphatic rings. The Kier molecular flexibility index (Phi) is 7.28. The molecule has 1 saturated heterocycles. The van der Waals surface area contributed by atoms with Gasteiger partial charge in [0.1, 0.15) is 11.5 Å². The number of nitrogens with one attached hydrogen (secondary N) is 1. The Morgan fingerprint density at radius 3 is 2.54 bits per heavy atom. The first-order valence-corrected chi connectivity index (χ1v) is 11.7. The molecule has 1 aliphatic heterocycles. The lowest BCUT2D eigenvalue weighted by atomic mass is 9.97. The summed E-state index contributed by atoms with van der Waals surface area (Å²) in [4.78, 5) is 28.5. The van der Waals surface area contributed by atoms with E-state index in [1.54, 1.807) is 13.8 Å². The van der Waals surface area contributed by atoms with Crippen LogP contribution in [0.4, 0.5) is 0 Å². The van der Waals surface area contributed by atoms with Gasteiger partial charge in [-0.25, -0.2) is 0 Å². The number of hydrogen-bond acceptors (Lipinski definition) is 7. The minimum absolute atomic E-state index is 0.0261. The molecule has 0 aliphatic carbocycles. The molecule has 10 heteroatoms. The van der Waals surface area contributed by atoms with Crippen molar-refractivity contribution >= 4 is 23.4 Å². The molecule has 3 aromatic rings. The minimum atomic E-state index is -0.410. The van der Waals surface area contributed by atoms with Gasteiger partial charge in [-0.05, 0) is 30.2 Å². The summed E-state index contributed by atoms with van der Waals surface area (Å²) in [6.07, 6.45) is 0. The highest BCUT2D eigenvalue weighted by molar-refractivity contribution is 6.32. The normalized spacial score (nSPS) is 14.2. The second kappa shape index (κ2) is 10.4. The van der Waals surface area contributed by atoms with Gasteiger partial charge in [0.2, 0.25) is 5.91 Å². The number of nitrogens with zero attached hydrogens (tertiary/aromatic N) is 3. The average molecular weight is 499 g/mol. The predicted molar refractivity (Wildman–Crippen MR) is 131 cm³/mol. The highest BCUT2D eigenvalue weighted by Gasteiger charge is 2.27. The highest BCUT2D eigenvalue weighted by Crippen LogP contribution is 2.43. The van der Waals surface area contributed by atoms with Crippen molar-refractivity contribution in [2.75, 3.05) is 32.7 Å². The number of hydrogen-bond donors (Lipinski definition) is 3. The molecule has 2 heterocycles. The number of benzene rings is 2. The maximum absolute atomic E-state index is 12.8. The molecule has 0 radical (unpaired) electrons. The third-order valence-corrected chi connectivity index (χ3v) is 6.30. The Labute approximate surface area is 207 Å². The zero-order valence-corrected chi connectivity index (χ0v) is 20.3. The van der Waals surface area contributed by atoms with Gasteiger partial charge in [0.15, 0.2) is 11.5 Å². The molecule has 9 nitrogen and oxygen atoms in total. The largest absolute Gasteiger partial charge is 0.507 e. The van der Waals surface area contributed by atoms with Crippen LogP contribution in [-0.2, 0) is 11.3 Å². The number of aromatic hydroxyl groups is 2. The van der Waals surface area contributed by atoms with Gasteiger partial charge in [0, 0.05) is 52.3 Å². The number of rotatable bonds is 6. The van der Waals surface area contributed by atoms with E-state index in [0.717, 1.165) is 24.7 Å². The second-order valence-electron chi connectivity index (χ2n) is 8.40. The number of carbonyl (C=O) groups excluding carboxylic acids is 2. The zero-order chi connectivity index (χ0) is 25.1. The summed E-state index contributed by atoms with van der Waals surface area (Å²) in [6, 6.07) is 10.2. The van der Waals surface area contributed by atoms with Crippen LogP contribution >= 0.6 is 11.6 Å². The molecule has 4 rings (SSSR count). The fraction of sp³-hybridized carbons (Fsp3) is 0.320. The fourth-order valence-electron chi connectivity index (χ4n) is 4.18. The van der Waals surface area contributed by atoms with E-state index in [-0.39, 0.29) is 39.4 Å². The molecule has 0 atom stereocenters. The van der Waals surface area contributed by atoms with Crippen LogP contribution in [0.5, 0.6) is 11.5 Å². The summed E-state index contributed by atoms with van der Waals surface area (Å²) in [5, 5.41) is 27.1. The van der Waals surface area contributed by atoms with Gasteiger partial charge >= 0.3 is 0 Å². The Hall–Kier alpha value is -3.56. The molecular formula is C25H27ClN4O5. The number of phenols is 2. The number of amides is 2. The van der Waals surface area contributed by atoms with Crippen LogP contribution in [0.3, 0.4) is 0 Å². The first kappa shape index (κ1) is 24.6. The first-order chi connectivity index (χ1) is 16.8. The molecule has 0 bridgehead atoms. The number of halogens is 1. The lowest BCUT2D eigenvalue weighted by Crippen LogP contribution is -2.47. The van der Waals surface area contributed by atoms with E-state index in [4.69, 9.17) is 16.1 Å². The number of piperazine rings is 1. The molecule has 3 N–H and O–H groups in total. The lowest BCUT2D eigenvalue weighted by Gasteiger charge is -2.34. The van der Waals surface area contributed by atoms with Crippen LogP contribution in [0, 0.1) is 0 Å². The van der Waals surface area contributed by atoms with Gasteiger partial charge in [0.05, 0.1) is 16.1 Å². The van der Waals surface area contributed by atoms with Crippen molar-refractivity contribution in [1.82, 2.24) is 20.3 Å². The minimum Gasteiger partial charge on any atom is -0.507 e. The van der Waals surface area contributed by atoms with Crippen molar-refractivity contribution < 1.29 is 24.3 Å². The number of carbonyl (C=O) groups is 2. The SMILES string of the molecule is CCNC(=O)c1noc(-c2cc(Cl)c(O)cc2O)c1-c1cccc(CN2CCN(C(C)=O)CC2)c1. The van der Waals surface area contributed by atoms with Crippen LogP contribution in [0.1, 0.15) is 29.9 Å². The van der Waals surface area contributed by atoms with Crippen LogP contribution in [-0.4, -0.2) is 69.7 Å². The number of phenolic OH excluding ortho intramolecular Hbond substituents is 2. The summed E-state index contributed by atoms with van der Waals surface area (Å²) >= 11 is 6.08. The smallest absolute Gasteiger partial charge is 0.274 e. The summed E-state index contributed by atoms with van der Waals surface area (Å²) in [7, 11) is 0. The Bertz CT molecular complexity index is 1250. The van der Waals surface area contributed by atoms with E-state index in [0.29, 0.717) is 37.3 Å². The lowest BCUT2D eigenvalue weighted by molar-refractivity contribution is -0.130. The van der Waals surface area contributed by atoms with Crippen molar-refractivity contribution in [2.24, 2.45) is 0 Å². The first-order valence-electron chi connectivity index (χ1n) is 11.3. The van der Waals surface area contributed by atoms with E-state index in [9.17, 15) is 19.8 Å². The van der Waals surface area contributed by atoms with E-state index in [2.05, 4.69) is 15.4 Å². The molecule has 0 spiro atoms. The molecule has 184 valence electrons. The van der Waals surface area contributed by atoms with Crippen LogP contribution in [0.2, 0.25) is 5.02 Å². The van der Waals surface area contributed by atoms with Gasteiger partial charge < -0.3 is 25.0 Å². The molecule has 35 heavy (non-hydrogen) atoms. The highest BCUT2D eigenvalue weighted by atomic mass is 35.5. The third kappa shape index (κ3) is 5.26. The second-order valence-corrected chi connectivity index (χ2v) is 8.81. The topological polar surface area (TPSA) is 119 Å². The molecule has 1 fully saturated rings. The standard InChI is InChI=1S/C25H27ClN4O5/c1-3-27-25(34)23-22(24(35-28-23)18-12-19(26)21(33)13-20(18)32)17-6-4-5-16(11-17)14-29-7-9-30(10-8-29)15(2)31/h4-6,11-13,32-33H,3,7-10,14H2,1-2H3,(H,27,34). The third-order valence-electron chi connectivity index (χ3n) is 5.99. The fourth-order valence-corrected chi connectivity index (χ4v) is 4.34. The quantitative estimate of drug-likeness (QED) is 0.476. The van der Waals surface area contributed by atoms with Gasteiger partial charge in [-0.3, -0.25) is 14.5 Å². The predicted octanol–water partition coefficient (Wildman–Crippen LogP) is 3.49. The van der Waals surface area contributed by atoms with Gasteiger partial charge in [-0.1, -0.05) is 35.0 Å². The van der Waals surface area contributed by atoms with E-state index in [1.807, 2.05) is 29.2 Å². The Morgan fingerprint density at radius 1 is 1.11 bits per heavy atom. The maximum atomic E-state index is 12.8. The summed E-state index contributed by atoms with van der Waals surface area (Å²) in [6.45, 7) is 7.38. The van der Waals surface area contributed by atoms with E-state index in [1.165, 1.54) is 6.07 Å². The maximum Gasteiger partial charge on any atom is 0.274 e. The Morgan fingerprint density at radius 2 is 1.86 bits per heavy atom. The molecule has 0 unspecified atom stereocenters. The summed E-state index contributed by atoms with van der Waals surface area (Å²) in [5.41, 5.74) is 2.40. The van der Waals surface area contributed by atoms with E-state index < -0.39 is 5.91 Å². The summed E-state index contributed by atoms with van der Waals surface area (Å²) < 4.78 is 5.54. The van der Waals surface area contributed by atoms with Crippen molar-refractivity contribution in [1.29, 1.82) is 0 Å². The van der Waals surface area contributed by atoms with Crippen molar-refractivity contribution in [3.63, 3.8) is 0 Å².